The highest BCUT2D eigenvalue weighted by atomic mass is 35.5. The van der Waals surface area contributed by atoms with Crippen molar-refractivity contribution < 1.29 is 0 Å². The Balaban J connectivity index is 2.96. The molecule has 0 aromatic carbocycles. The maximum absolute atomic E-state index is 5.63. The van der Waals surface area contributed by atoms with E-state index in [4.69, 9.17) is 17.3 Å². The van der Waals surface area contributed by atoms with Crippen LogP contribution in [0.2, 0.25) is 0 Å². The summed E-state index contributed by atoms with van der Waals surface area (Å²) < 4.78 is 0. The molecule has 0 atom stereocenters. The summed E-state index contributed by atoms with van der Waals surface area (Å²) in [5.41, 5.74) is 8.09. The van der Waals surface area contributed by atoms with Crippen molar-refractivity contribution >= 4 is 23.4 Å². The van der Waals surface area contributed by atoms with Crippen molar-refractivity contribution in [2.45, 2.75) is 5.88 Å². The Morgan fingerprint density at radius 2 is 2.43 bits per heavy atom. The minimum atomic E-state index is 0.420. The Morgan fingerprint density at radius 3 is 2.86 bits per heavy atom. The highest BCUT2D eigenvalue weighted by molar-refractivity contribution is 6.16. The molecule has 0 aliphatic heterocycles. The average molecular weight is 210 g/mol. The number of hydrogen-bond donors (Lipinski definition) is 1. The van der Waals surface area contributed by atoms with Crippen LogP contribution in [0, 0.1) is 0 Å². The number of nitrogens with two attached hydrogens (primary N) is 1. The smallest absolute Gasteiger partial charge is 0.0647 e. The quantitative estimate of drug-likeness (QED) is 0.610. The van der Waals surface area contributed by atoms with Crippen LogP contribution in [0.3, 0.4) is 0 Å². The third-order valence-corrected chi connectivity index (χ3v) is 2.02. The number of allylic oxidation sites excluding steroid dienone is 1. The fraction of sp³-hybridized carbons (Fsp3) is 0.200. The lowest BCUT2D eigenvalue weighted by Gasteiger charge is -2.01. The summed E-state index contributed by atoms with van der Waals surface area (Å²) in [7, 11) is 1.70. The molecule has 0 saturated heterocycles. The van der Waals surface area contributed by atoms with Crippen molar-refractivity contribution in [3.63, 3.8) is 0 Å². The second-order valence-electron chi connectivity index (χ2n) is 2.68. The van der Waals surface area contributed by atoms with Gasteiger partial charge in [-0.05, 0) is 6.07 Å². The van der Waals surface area contributed by atoms with Gasteiger partial charge >= 0.3 is 0 Å². The highest BCUT2D eigenvalue weighted by Crippen LogP contribution is 2.11. The van der Waals surface area contributed by atoms with Crippen LogP contribution >= 0.6 is 11.6 Å². The van der Waals surface area contributed by atoms with Gasteiger partial charge in [0.25, 0.3) is 0 Å². The molecule has 1 heterocycles. The largest absolute Gasteiger partial charge is 0.404 e. The lowest BCUT2D eigenvalue weighted by molar-refractivity contribution is 1.16. The molecule has 4 heteroatoms. The van der Waals surface area contributed by atoms with Crippen molar-refractivity contribution in [2.75, 3.05) is 7.05 Å². The number of alkyl halides is 1. The molecule has 0 unspecified atom stereocenters. The molecule has 0 radical (unpaired) electrons. The first kappa shape index (κ1) is 10.7. The number of hydrogen-bond acceptors (Lipinski definition) is 3. The fourth-order valence-corrected chi connectivity index (χ4v) is 1.19. The molecule has 0 aliphatic rings. The van der Waals surface area contributed by atoms with Gasteiger partial charge in [0.15, 0.2) is 0 Å². The van der Waals surface area contributed by atoms with Crippen LogP contribution in [0.25, 0.3) is 5.57 Å². The first-order valence-electron chi connectivity index (χ1n) is 4.17. The summed E-state index contributed by atoms with van der Waals surface area (Å²) in [6.07, 6.45) is 4.93. The zero-order chi connectivity index (χ0) is 10.4. The highest BCUT2D eigenvalue weighted by Gasteiger charge is 1.98. The Hall–Kier alpha value is -1.35. The Labute approximate surface area is 88.3 Å². The van der Waals surface area contributed by atoms with E-state index in [-0.39, 0.29) is 0 Å². The van der Waals surface area contributed by atoms with E-state index >= 15 is 0 Å². The van der Waals surface area contributed by atoms with Crippen molar-refractivity contribution in [3.8, 4) is 0 Å². The number of pyridine rings is 1. The van der Waals surface area contributed by atoms with E-state index in [9.17, 15) is 0 Å². The van der Waals surface area contributed by atoms with Crippen LogP contribution in [0.5, 0.6) is 0 Å². The van der Waals surface area contributed by atoms with E-state index in [1.54, 1.807) is 19.5 Å². The summed E-state index contributed by atoms with van der Waals surface area (Å²) in [5.74, 6) is 0.420. The SMILES string of the molecule is CN=CC(=CN)c1ccc(CCl)nc1. The average Bonchev–Trinajstić information content (AvgIpc) is 2.26. The van der Waals surface area contributed by atoms with Crippen molar-refractivity contribution in [2.24, 2.45) is 10.7 Å². The van der Waals surface area contributed by atoms with Gasteiger partial charge in [0.1, 0.15) is 0 Å². The van der Waals surface area contributed by atoms with Gasteiger partial charge in [-0.15, -0.1) is 11.6 Å². The summed E-state index contributed by atoms with van der Waals surface area (Å²) >= 11 is 5.63. The molecule has 3 nitrogen and oxygen atoms in total. The Kier molecular flexibility index (Phi) is 4.13. The molecule has 1 aromatic heterocycles. The van der Waals surface area contributed by atoms with Crippen LogP contribution in [0.1, 0.15) is 11.3 Å². The second kappa shape index (κ2) is 5.40. The van der Waals surface area contributed by atoms with Gasteiger partial charge in [0, 0.05) is 36.8 Å². The molecule has 2 N–H and O–H groups in total. The lowest BCUT2D eigenvalue weighted by Crippen LogP contribution is -1.93. The van der Waals surface area contributed by atoms with Gasteiger partial charge in [-0.2, -0.15) is 0 Å². The van der Waals surface area contributed by atoms with E-state index in [1.807, 2.05) is 12.1 Å². The number of halogens is 1. The summed E-state index contributed by atoms with van der Waals surface area (Å²) in [5, 5.41) is 0. The fourth-order valence-electron chi connectivity index (χ4n) is 1.03. The topological polar surface area (TPSA) is 51.3 Å². The van der Waals surface area contributed by atoms with Crippen LogP contribution in [-0.4, -0.2) is 18.2 Å². The van der Waals surface area contributed by atoms with Crippen molar-refractivity contribution in [1.82, 2.24) is 4.98 Å². The van der Waals surface area contributed by atoms with E-state index in [0.29, 0.717) is 5.88 Å². The van der Waals surface area contributed by atoms with Crippen LogP contribution in [0.4, 0.5) is 0 Å². The molecular formula is C10H12ClN3. The zero-order valence-electron chi connectivity index (χ0n) is 7.94. The Bertz CT molecular complexity index is 341. The second-order valence-corrected chi connectivity index (χ2v) is 2.95. The molecule has 14 heavy (non-hydrogen) atoms. The third-order valence-electron chi connectivity index (χ3n) is 1.74. The van der Waals surface area contributed by atoms with Crippen LogP contribution in [0.15, 0.2) is 29.5 Å². The number of rotatable bonds is 3. The minimum Gasteiger partial charge on any atom is -0.404 e. The number of nitrogens with zero attached hydrogens (tertiary/aromatic N) is 2. The maximum atomic E-state index is 5.63. The molecule has 0 amide bonds. The zero-order valence-corrected chi connectivity index (χ0v) is 8.70. The molecular weight excluding hydrogens is 198 g/mol. The molecule has 1 rings (SSSR count). The third kappa shape index (κ3) is 2.57. The first-order chi connectivity index (χ1) is 6.81. The molecule has 0 spiro atoms. The number of aliphatic imine (C=N–C) groups is 1. The monoisotopic (exact) mass is 209 g/mol. The van der Waals surface area contributed by atoms with Crippen LogP contribution in [-0.2, 0) is 5.88 Å². The summed E-state index contributed by atoms with van der Waals surface area (Å²) in [6.45, 7) is 0. The van der Waals surface area contributed by atoms with E-state index in [2.05, 4.69) is 9.98 Å². The van der Waals surface area contributed by atoms with Crippen molar-refractivity contribution in [3.05, 3.63) is 35.8 Å². The normalized spacial score (nSPS) is 12.3. The molecule has 0 bridgehead atoms. The molecule has 1 aromatic rings. The van der Waals surface area contributed by atoms with Gasteiger partial charge in [-0.3, -0.25) is 9.98 Å². The standard InChI is InChI=1S/C10H12ClN3/c1-13-6-9(5-12)8-2-3-10(4-11)14-7-8/h2-3,5-7H,4,12H2,1H3. The van der Waals surface area contributed by atoms with E-state index in [0.717, 1.165) is 16.8 Å². The van der Waals surface area contributed by atoms with Crippen molar-refractivity contribution in [1.29, 1.82) is 0 Å². The summed E-state index contributed by atoms with van der Waals surface area (Å²) in [4.78, 5) is 8.06. The van der Waals surface area contributed by atoms with E-state index < -0.39 is 0 Å². The predicted octanol–water partition coefficient (Wildman–Crippen LogP) is 1.82. The summed E-state index contributed by atoms with van der Waals surface area (Å²) in [6, 6.07) is 3.79. The van der Waals surface area contributed by atoms with Gasteiger partial charge < -0.3 is 5.73 Å². The lowest BCUT2D eigenvalue weighted by atomic mass is 10.1. The van der Waals surface area contributed by atoms with Crippen LogP contribution < -0.4 is 5.73 Å². The maximum Gasteiger partial charge on any atom is 0.0647 e. The van der Waals surface area contributed by atoms with Gasteiger partial charge in [-0.25, -0.2) is 0 Å². The Morgan fingerprint density at radius 1 is 1.64 bits per heavy atom. The minimum absolute atomic E-state index is 0.420. The van der Waals surface area contributed by atoms with Gasteiger partial charge in [0.05, 0.1) is 11.6 Å². The first-order valence-corrected chi connectivity index (χ1v) is 4.70. The van der Waals surface area contributed by atoms with Gasteiger partial charge in [-0.1, -0.05) is 6.07 Å². The molecule has 0 aliphatic carbocycles. The molecule has 74 valence electrons. The number of aromatic nitrogens is 1. The molecule has 0 fully saturated rings. The van der Waals surface area contributed by atoms with Gasteiger partial charge in [0.2, 0.25) is 0 Å². The molecule has 0 saturated carbocycles. The van der Waals surface area contributed by atoms with E-state index in [1.165, 1.54) is 6.20 Å². The predicted molar refractivity (Wildman–Crippen MR) is 60.4 cm³/mol.